The minimum atomic E-state index is -3.48. The fourth-order valence-electron chi connectivity index (χ4n) is 5.67. The highest BCUT2D eigenvalue weighted by molar-refractivity contribution is 7.91. The minimum absolute atomic E-state index is 0.0475. The molecule has 8 heteroatoms. The Bertz CT molecular complexity index is 1510. The summed E-state index contributed by atoms with van der Waals surface area (Å²) >= 11 is 0. The summed E-state index contributed by atoms with van der Waals surface area (Å²) in [5.74, 6) is 1.31. The van der Waals surface area contributed by atoms with E-state index >= 15 is 0 Å². The number of fused-ring (bicyclic) bond motifs is 2. The van der Waals surface area contributed by atoms with E-state index in [-0.39, 0.29) is 24.2 Å². The fourth-order valence-corrected chi connectivity index (χ4v) is 6.77. The maximum absolute atomic E-state index is 12.6. The van der Waals surface area contributed by atoms with Gasteiger partial charge in [-0.3, -0.25) is 4.79 Å². The minimum Gasteiger partial charge on any atom is -0.492 e. The first kappa shape index (κ1) is 28.0. The van der Waals surface area contributed by atoms with Crippen molar-refractivity contribution in [1.82, 2.24) is 0 Å². The topological polar surface area (TPSA) is 88.1 Å². The van der Waals surface area contributed by atoms with Crippen LogP contribution in [0.3, 0.4) is 0 Å². The Labute approximate surface area is 236 Å². The van der Waals surface area contributed by atoms with E-state index in [0.29, 0.717) is 23.9 Å². The second-order valence-electron chi connectivity index (χ2n) is 11.1. The average Bonchev–Trinajstić information content (AvgIpc) is 3.50. The Kier molecular flexibility index (Phi) is 7.33. The molecule has 40 heavy (non-hydrogen) atoms. The largest absolute Gasteiger partial charge is 0.492 e. The number of ether oxygens (including phenoxy) is 4. The fraction of sp³-hybridized carbons (Fsp3) is 0.406. The quantitative estimate of drug-likeness (QED) is 0.304. The summed E-state index contributed by atoms with van der Waals surface area (Å²) in [6.07, 6.45) is 3.07. The molecule has 0 spiro atoms. The lowest BCUT2D eigenvalue weighted by Crippen LogP contribution is -2.45. The van der Waals surface area contributed by atoms with E-state index in [1.54, 1.807) is 6.92 Å². The molecular weight excluding hydrogens is 528 g/mol. The summed E-state index contributed by atoms with van der Waals surface area (Å²) in [4.78, 5) is 10.5. The first-order chi connectivity index (χ1) is 19.0. The van der Waals surface area contributed by atoms with Gasteiger partial charge in [0.15, 0.2) is 15.4 Å². The number of aryl methyl sites for hydroxylation is 1. The van der Waals surface area contributed by atoms with Crippen molar-refractivity contribution in [2.45, 2.75) is 56.5 Å². The number of carbonyl (C=O) groups is 1. The van der Waals surface area contributed by atoms with Crippen LogP contribution in [0.25, 0.3) is 0 Å². The number of carbonyl (C=O) groups excluding carboxylic acids is 1. The standard InChI is InChI=1S/C32H36O7S/c1-21(2)31(3,40(5,34)35)38-25-12-10-24(11-13-25)32(17-16-22-8-6-7-9-28(22)32)39-26-14-15-27-23(18-30(33)36-4)20-37-29(27)19-26/h6-15,19,21,23H,16-18,20H2,1-5H3/t23-,31-,32-/m1/s1. The number of methoxy groups -OCH3 is 1. The highest BCUT2D eigenvalue weighted by Gasteiger charge is 2.44. The smallest absolute Gasteiger partial charge is 0.306 e. The van der Waals surface area contributed by atoms with Crippen LogP contribution in [0.1, 0.15) is 61.8 Å². The second-order valence-corrected chi connectivity index (χ2v) is 13.5. The third-order valence-electron chi connectivity index (χ3n) is 8.42. The molecule has 2 aliphatic rings. The first-order valence-corrected chi connectivity index (χ1v) is 15.5. The van der Waals surface area contributed by atoms with Crippen LogP contribution < -0.4 is 14.2 Å². The van der Waals surface area contributed by atoms with E-state index in [2.05, 4.69) is 12.1 Å². The molecule has 5 rings (SSSR count). The summed E-state index contributed by atoms with van der Waals surface area (Å²) in [5, 5.41) is 0. The van der Waals surface area contributed by atoms with Crippen LogP contribution in [0.2, 0.25) is 0 Å². The van der Waals surface area contributed by atoms with Crippen molar-refractivity contribution in [3.63, 3.8) is 0 Å². The number of esters is 1. The number of hydrogen-bond donors (Lipinski definition) is 0. The molecule has 0 bridgehead atoms. The summed E-state index contributed by atoms with van der Waals surface area (Å²) in [6.45, 7) is 5.72. The normalized spacial score (nSPS) is 21.2. The number of hydrogen-bond acceptors (Lipinski definition) is 7. The zero-order valence-corrected chi connectivity index (χ0v) is 24.4. The lowest BCUT2D eigenvalue weighted by atomic mass is 9.87. The van der Waals surface area contributed by atoms with Crippen molar-refractivity contribution in [2.24, 2.45) is 5.92 Å². The number of rotatable bonds is 9. The third kappa shape index (κ3) is 4.94. The lowest BCUT2D eigenvalue weighted by molar-refractivity contribution is -0.141. The van der Waals surface area contributed by atoms with Crippen LogP contribution in [0.5, 0.6) is 17.2 Å². The molecule has 1 aliphatic heterocycles. The Morgan fingerprint density at radius 3 is 2.45 bits per heavy atom. The predicted octanol–water partition coefficient (Wildman–Crippen LogP) is 5.79. The zero-order valence-electron chi connectivity index (χ0n) is 23.6. The summed E-state index contributed by atoms with van der Waals surface area (Å²) in [7, 11) is -2.09. The Balaban J connectivity index is 1.48. The molecule has 0 aromatic heterocycles. The Hall–Kier alpha value is -3.52. The molecule has 0 fully saturated rings. The van der Waals surface area contributed by atoms with Crippen LogP contribution in [0, 0.1) is 5.92 Å². The van der Waals surface area contributed by atoms with Gasteiger partial charge in [0.05, 0.1) is 20.1 Å². The zero-order chi connectivity index (χ0) is 28.7. The molecule has 0 amide bonds. The molecule has 0 saturated heterocycles. The van der Waals surface area contributed by atoms with Crippen molar-refractivity contribution >= 4 is 15.8 Å². The molecule has 7 nitrogen and oxygen atoms in total. The van der Waals surface area contributed by atoms with Crippen LogP contribution in [0.15, 0.2) is 66.7 Å². The molecule has 0 N–H and O–H groups in total. The van der Waals surface area contributed by atoms with Crippen LogP contribution in [-0.4, -0.2) is 39.3 Å². The van der Waals surface area contributed by atoms with E-state index in [0.717, 1.165) is 29.5 Å². The maximum Gasteiger partial charge on any atom is 0.306 e. The van der Waals surface area contributed by atoms with Gasteiger partial charge in [-0.05, 0) is 43.5 Å². The third-order valence-corrected chi connectivity index (χ3v) is 10.4. The van der Waals surface area contributed by atoms with E-state index in [9.17, 15) is 13.2 Å². The van der Waals surface area contributed by atoms with Gasteiger partial charge >= 0.3 is 5.97 Å². The van der Waals surface area contributed by atoms with Crippen molar-refractivity contribution in [1.29, 1.82) is 0 Å². The molecule has 3 atom stereocenters. The lowest BCUT2D eigenvalue weighted by Gasteiger charge is -2.34. The van der Waals surface area contributed by atoms with Gasteiger partial charge in [-0.25, -0.2) is 8.42 Å². The van der Waals surface area contributed by atoms with Crippen molar-refractivity contribution < 1.29 is 32.2 Å². The molecule has 3 aromatic rings. The molecule has 1 heterocycles. The van der Waals surface area contributed by atoms with Gasteiger partial charge in [0.1, 0.15) is 17.2 Å². The molecular formula is C32H36O7S. The number of benzene rings is 3. The van der Waals surface area contributed by atoms with Gasteiger partial charge in [-0.2, -0.15) is 0 Å². The van der Waals surface area contributed by atoms with Crippen molar-refractivity contribution in [2.75, 3.05) is 20.0 Å². The van der Waals surface area contributed by atoms with Crippen molar-refractivity contribution in [3.8, 4) is 17.2 Å². The summed E-state index contributed by atoms with van der Waals surface area (Å²) in [5.41, 5.74) is 3.49. The van der Waals surface area contributed by atoms with Gasteiger partial charge in [0.25, 0.3) is 0 Å². The van der Waals surface area contributed by atoms with Gasteiger partial charge in [-0.15, -0.1) is 0 Å². The van der Waals surface area contributed by atoms with Crippen LogP contribution in [-0.2, 0) is 31.4 Å². The molecule has 0 unspecified atom stereocenters. The molecule has 0 saturated carbocycles. The molecule has 3 aromatic carbocycles. The van der Waals surface area contributed by atoms with E-state index in [1.165, 1.54) is 18.9 Å². The van der Waals surface area contributed by atoms with E-state index in [1.807, 2.05) is 68.4 Å². The van der Waals surface area contributed by atoms with E-state index in [4.69, 9.17) is 18.9 Å². The second kappa shape index (κ2) is 10.5. The molecule has 212 valence electrons. The molecule has 0 radical (unpaired) electrons. The average molecular weight is 565 g/mol. The Morgan fingerprint density at radius 2 is 1.77 bits per heavy atom. The Morgan fingerprint density at radius 1 is 1.07 bits per heavy atom. The highest BCUT2D eigenvalue weighted by atomic mass is 32.2. The predicted molar refractivity (Wildman–Crippen MR) is 153 cm³/mol. The van der Waals surface area contributed by atoms with Gasteiger partial charge in [0, 0.05) is 40.8 Å². The van der Waals surface area contributed by atoms with Crippen LogP contribution in [0.4, 0.5) is 0 Å². The van der Waals surface area contributed by atoms with E-state index < -0.39 is 20.4 Å². The maximum atomic E-state index is 12.6. The number of sulfone groups is 1. The van der Waals surface area contributed by atoms with Crippen LogP contribution >= 0.6 is 0 Å². The molecule has 1 aliphatic carbocycles. The first-order valence-electron chi connectivity index (χ1n) is 13.6. The van der Waals surface area contributed by atoms with Gasteiger partial charge in [-0.1, -0.05) is 56.3 Å². The van der Waals surface area contributed by atoms with Crippen molar-refractivity contribution in [3.05, 3.63) is 89.0 Å². The highest BCUT2D eigenvalue weighted by Crippen LogP contribution is 2.47. The monoisotopic (exact) mass is 564 g/mol. The van der Waals surface area contributed by atoms with Gasteiger partial charge in [0.2, 0.25) is 4.93 Å². The summed E-state index contributed by atoms with van der Waals surface area (Å²) in [6, 6.07) is 21.6. The summed E-state index contributed by atoms with van der Waals surface area (Å²) < 4.78 is 48.8. The van der Waals surface area contributed by atoms with Gasteiger partial charge < -0.3 is 18.9 Å². The SMILES string of the molecule is COC(=O)C[C@@H]1COc2cc(O[C@@]3(c4ccc(O[C@@](C)(C(C)C)S(C)(=O)=O)cc4)CCc4ccccc43)ccc21.